The zero-order valence-corrected chi connectivity index (χ0v) is 7.97. The summed E-state index contributed by atoms with van der Waals surface area (Å²) in [5, 5.41) is 2.54. The molecular weight excluding hydrogens is 194 g/mol. The van der Waals surface area contributed by atoms with Crippen molar-refractivity contribution < 1.29 is 14.3 Å². The molecule has 0 fully saturated rings. The van der Waals surface area contributed by atoms with Crippen LogP contribution in [0.15, 0.2) is 12.7 Å². The zero-order valence-electron chi connectivity index (χ0n) is 7.22. The number of ether oxygens (including phenoxy) is 1. The van der Waals surface area contributed by atoms with Crippen LogP contribution in [0.4, 0.5) is 0 Å². The fraction of sp³-hybridized carbons (Fsp3) is 0.500. The Morgan fingerprint density at radius 1 is 1.54 bits per heavy atom. The first kappa shape index (κ1) is 12.0. The highest BCUT2D eigenvalue weighted by molar-refractivity contribution is 6.26. The van der Waals surface area contributed by atoms with Gasteiger partial charge in [-0.1, -0.05) is 6.58 Å². The Morgan fingerprint density at radius 2 is 2.23 bits per heavy atom. The van der Waals surface area contributed by atoms with E-state index in [0.29, 0.717) is 13.0 Å². The number of carbonyl (C=O) groups excluding carboxylic acids is 2. The van der Waals surface area contributed by atoms with Crippen LogP contribution in [0.5, 0.6) is 0 Å². The zero-order chi connectivity index (χ0) is 10.1. The van der Waals surface area contributed by atoms with Crippen molar-refractivity contribution in [3.8, 4) is 0 Å². The number of alkyl halides is 1. The normalized spacial score (nSPS) is 9.00. The third kappa shape index (κ3) is 7.33. The summed E-state index contributed by atoms with van der Waals surface area (Å²) in [4.78, 5) is 21.1. The van der Waals surface area contributed by atoms with Crippen LogP contribution in [0.1, 0.15) is 6.42 Å². The van der Waals surface area contributed by atoms with E-state index in [4.69, 9.17) is 11.6 Å². The summed E-state index contributed by atoms with van der Waals surface area (Å²) in [5.74, 6) is -0.820. The van der Waals surface area contributed by atoms with Gasteiger partial charge in [0.25, 0.3) is 0 Å². The highest BCUT2D eigenvalue weighted by atomic mass is 35.5. The van der Waals surface area contributed by atoms with Crippen molar-refractivity contribution in [2.24, 2.45) is 0 Å². The van der Waals surface area contributed by atoms with Gasteiger partial charge < -0.3 is 10.1 Å². The van der Waals surface area contributed by atoms with Crippen molar-refractivity contribution in [2.75, 3.05) is 19.0 Å². The fourth-order valence-corrected chi connectivity index (χ4v) is 0.658. The highest BCUT2D eigenvalue weighted by Gasteiger charge is 1.98. The average molecular weight is 206 g/mol. The molecule has 0 bridgehead atoms. The smallest absolute Gasteiger partial charge is 0.320 e. The van der Waals surface area contributed by atoms with E-state index >= 15 is 0 Å². The number of hydrogen-bond donors (Lipinski definition) is 1. The summed E-state index contributed by atoms with van der Waals surface area (Å²) in [6, 6.07) is 0. The van der Waals surface area contributed by atoms with E-state index in [1.807, 2.05) is 0 Å². The number of halogens is 1. The van der Waals surface area contributed by atoms with E-state index in [1.54, 1.807) is 0 Å². The molecule has 0 atom stereocenters. The third-order valence-corrected chi connectivity index (χ3v) is 1.40. The Labute approximate surface area is 81.9 Å². The van der Waals surface area contributed by atoms with Gasteiger partial charge in [-0.25, -0.2) is 0 Å². The van der Waals surface area contributed by atoms with Crippen molar-refractivity contribution >= 4 is 23.5 Å². The van der Waals surface area contributed by atoms with Crippen LogP contribution < -0.4 is 5.32 Å². The van der Waals surface area contributed by atoms with E-state index in [9.17, 15) is 9.59 Å². The maximum atomic E-state index is 10.6. The van der Waals surface area contributed by atoms with Gasteiger partial charge >= 0.3 is 5.97 Å². The molecule has 0 aromatic carbocycles. The molecule has 0 spiro atoms. The molecule has 0 radical (unpaired) electrons. The Morgan fingerprint density at radius 3 is 2.77 bits per heavy atom. The topological polar surface area (TPSA) is 55.4 Å². The fourth-order valence-electron chi connectivity index (χ4n) is 0.581. The van der Waals surface area contributed by atoms with Crippen LogP contribution >= 0.6 is 11.6 Å². The summed E-state index contributed by atoms with van der Waals surface area (Å²) in [5.41, 5.74) is 0. The molecule has 0 aliphatic rings. The summed E-state index contributed by atoms with van der Waals surface area (Å²) >= 11 is 5.18. The average Bonchev–Trinajstić information content (AvgIpc) is 2.16. The second kappa shape index (κ2) is 7.61. The van der Waals surface area contributed by atoms with Crippen molar-refractivity contribution in [3.05, 3.63) is 12.7 Å². The van der Waals surface area contributed by atoms with Gasteiger partial charge in [-0.2, -0.15) is 0 Å². The van der Waals surface area contributed by atoms with Crippen LogP contribution in [-0.2, 0) is 14.3 Å². The number of rotatable bonds is 6. The van der Waals surface area contributed by atoms with Gasteiger partial charge in [-0.05, 0) is 12.5 Å². The minimum absolute atomic E-state index is 0.140. The molecule has 1 N–H and O–H groups in total. The Balaban J connectivity index is 3.21. The number of amides is 1. The molecule has 0 aliphatic carbocycles. The van der Waals surface area contributed by atoms with Gasteiger partial charge in [0.15, 0.2) is 0 Å². The Bertz CT molecular complexity index is 194. The van der Waals surface area contributed by atoms with Crippen LogP contribution in [0.25, 0.3) is 0 Å². The van der Waals surface area contributed by atoms with Crippen LogP contribution in [0.2, 0.25) is 0 Å². The van der Waals surface area contributed by atoms with Gasteiger partial charge in [-0.3, -0.25) is 9.59 Å². The molecule has 0 unspecified atom stereocenters. The predicted molar refractivity (Wildman–Crippen MR) is 49.5 cm³/mol. The van der Waals surface area contributed by atoms with Gasteiger partial charge in [0.05, 0.1) is 6.61 Å². The van der Waals surface area contributed by atoms with E-state index < -0.39 is 5.97 Å². The van der Waals surface area contributed by atoms with E-state index in [2.05, 4.69) is 16.6 Å². The summed E-state index contributed by atoms with van der Waals surface area (Å²) in [6.07, 6.45) is 1.76. The molecule has 0 saturated carbocycles. The number of esters is 1. The monoisotopic (exact) mass is 205 g/mol. The molecule has 0 aromatic heterocycles. The van der Waals surface area contributed by atoms with E-state index in [-0.39, 0.29) is 18.4 Å². The highest BCUT2D eigenvalue weighted by Crippen LogP contribution is 1.85. The maximum Gasteiger partial charge on any atom is 0.320 e. The SMILES string of the molecule is C=CC(=O)NCCCOC(=O)CCl. The van der Waals surface area contributed by atoms with Crippen LogP contribution in [0.3, 0.4) is 0 Å². The molecule has 0 heterocycles. The molecule has 0 aliphatic heterocycles. The molecule has 74 valence electrons. The maximum absolute atomic E-state index is 10.6. The van der Waals surface area contributed by atoms with Gasteiger partial charge in [-0.15, -0.1) is 11.6 Å². The second-order valence-electron chi connectivity index (χ2n) is 2.20. The summed E-state index contributed by atoms with van der Waals surface area (Å²) in [6.45, 7) is 4.01. The van der Waals surface area contributed by atoms with Crippen molar-refractivity contribution in [2.45, 2.75) is 6.42 Å². The molecular formula is C8H12ClNO3. The number of hydrogen-bond acceptors (Lipinski definition) is 3. The van der Waals surface area contributed by atoms with Crippen molar-refractivity contribution in [1.82, 2.24) is 5.32 Å². The predicted octanol–water partition coefficient (Wildman–Crippen LogP) is 0.461. The lowest BCUT2D eigenvalue weighted by Gasteiger charge is -2.02. The van der Waals surface area contributed by atoms with Gasteiger partial charge in [0, 0.05) is 6.54 Å². The lowest BCUT2D eigenvalue weighted by molar-refractivity contribution is -0.140. The molecule has 13 heavy (non-hydrogen) atoms. The minimum Gasteiger partial charge on any atom is -0.465 e. The Kier molecular flexibility index (Phi) is 7.01. The van der Waals surface area contributed by atoms with Crippen molar-refractivity contribution in [1.29, 1.82) is 0 Å². The first-order valence-corrected chi connectivity index (χ1v) is 4.36. The first-order valence-electron chi connectivity index (χ1n) is 3.82. The van der Waals surface area contributed by atoms with Crippen LogP contribution in [0, 0.1) is 0 Å². The lowest BCUT2D eigenvalue weighted by Crippen LogP contribution is -2.23. The second-order valence-corrected chi connectivity index (χ2v) is 2.47. The molecule has 1 amide bonds. The quantitative estimate of drug-likeness (QED) is 0.297. The third-order valence-electron chi connectivity index (χ3n) is 1.18. The molecule has 0 saturated heterocycles. The minimum atomic E-state index is -0.447. The summed E-state index contributed by atoms with van der Waals surface area (Å²) in [7, 11) is 0. The molecule has 5 heteroatoms. The van der Waals surface area contributed by atoms with E-state index in [1.165, 1.54) is 6.08 Å². The van der Waals surface area contributed by atoms with E-state index in [0.717, 1.165) is 0 Å². The number of carbonyl (C=O) groups is 2. The number of nitrogens with one attached hydrogen (secondary N) is 1. The van der Waals surface area contributed by atoms with Gasteiger partial charge in [0.2, 0.25) is 5.91 Å². The molecule has 0 aromatic rings. The van der Waals surface area contributed by atoms with Gasteiger partial charge in [0.1, 0.15) is 5.88 Å². The largest absolute Gasteiger partial charge is 0.465 e. The van der Waals surface area contributed by atoms with Crippen molar-refractivity contribution in [3.63, 3.8) is 0 Å². The summed E-state index contributed by atoms with van der Waals surface area (Å²) < 4.78 is 4.66. The molecule has 0 rings (SSSR count). The first-order chi connectivity index (χ1) is 6.20. The molecule has 4 nitrogen and oxygen atoms in total. The lowest BCUT2D eigenvalue weighted by atomic mass is 10.4. The standard InChI is InChI=1S/C8H12ClNO3/c1-2-7(11)10-4-3-5-13-8(12)6-9/h2H,1,3-6H2,(H,10,11). The van der Waals surface area contributed by atoms with Crippen LogP contribution in [-0.4, -0.2) is 30.9 Å². The Hall–Kier alpha value is -1.03.